The van der Waals surface area contributed by atoms with Crippen molar-refractivity contribution < 1.29 is 0 Å². The highest BCUT2D eigenvalue weighted by Gasteiger charge is 2.01. The van der Waals surface area contributed by atoms with Gasteiger partial charge in [0.15, 0.2) is 0 Å². The largest absolute Gasteiger partial charge is 0.317 e. The molecule has 0 spiro atoms. The molecule has 98 valence electrons. The van der Waals surface area contributed by atoms with Crippen molar-refractivity contribution in [2.45, 2.75) is 45.6 Å². The highest BCUT2D eigenvalue weighted by molar-refractivity contribution is 7.98. The van der Waals surface area contributed by atoms with Gasteiger partial charge in [0.25, 0.3) is 0 Å². The lowest BCUT2D eigenvalue weighted by Gasteiger charge is -2.20. The topological polar surface area (TPSA) is 15.3 Å². The predicted octanol–water partition coefficient (Wildman–Crippen LogP) is 2.84. The van der Waals surface area contributed by atoms with Gasteiger partial charge in [-0.2, -0.15) is 11.8 Å². The van der Waals surface area contributed by atoms with Crippen molar-refractivity contribution in [2.24, 2.45) is 0 Å². The molecule has 0 aliphatic rings. The van der Waals surface area contributed by atoms with Crippen molar-refractivity contribution in [3.05, 3.63) is 0 Å². The van der Waals surface area contributed by atoms with Crippen LogP contribution in [0, 0.1) is 0 Å². The van der Waals surface area contributed by atoms with Crippen molar-refractivity contribution in [1.29, 1.82) is 0 Å². The van der Waals surface area contributed by atoms with Crippen LogP contribution in [0.1, 0.15) is 39.5 Å². The SMILES string of the molecule is CSCCCCNCCCCN(C)C(C)C. The standard InChI is InChI=1S/C13H30N2S/c1-13(2)15(3)11-7-5-9-14-10-6-8-12-16-4/h13-14H,5-12H2,1-4H3. The van der Waals surface area contributed by atoms with E-state index in [4.69, 9.17) is 0 Å². The molecule has 2 nitrogen and oxygen atoms in total. The molecule has 0 aromatic rings. The number of hydrogen-bond acceptors (Lipinski definition) is 3. The van der Waals surface area contributed by atoms with Gasteiger partial charge in [0.1, 0.15) is 0 Å². The van der Waals surface area contributed by atoms with Gasteiger partial charge < -0.3 is 10.2 Å². The summed E-state index contributed by atoms with van der Waals surface area (Å²) in [6.45, 7) is 8.12. The predicted molar refractivity (Wildman–Crippen MR) is 77.5 cm³/mol. The Labute approximate surface area is 107 Å². The maximum absolute atomic E-state index is 3.52. The maximum Gasteiger partial charge on any atom is 0.00355 e. The number of hydrogen-bond donors (Lipinski definition) is 1. The fourth-order valence-electron chi connectivity index (χ4n) is 1.49. The smallest absolute Gasteiger partial charge is 0.00355 e. The van der Waals surface area contributed by atoms with E-state index in [2.05, 4.69) is 37.4 Å². The summed E-state index contributed by atoms with van der Waals surface area (Å²) in [5, 5.41) is 3.52. The van der Waals surface area contributed by atoms with Crippen molar-refractivity contribution in [1.82, 2.24) is 10.2 Å². The van der Waals surface area contributed by atoms with Gasteiger partial charge in [0, 0.05) is 6.04 Å². The molecule has 0 aromatic heterocycles. The Balaban J connectivity index is 3.04. The van der Waals surface area contributed by atoms with Gasteiger partial charge in [-0.15, -0.1) is 0 Å². The first-order chi connectivity index (χ1) is 7.68. The van der Waals surface area contributed by atoms with Gasteiger partial charge in [-0.1, -0.05) is 0 Å². The zero-order valence-corrected chi connectivity index (χ0v) is 12.4. The quantitative estimate of drug-likeness (QED) is 0.564. The third-order valence-corrected chi connectivity index (χ3v) is 3.64. The second-order valence-electron chi connectivity index (χ2n) is 4.73. The van der Waals surface area contributed by atoms with E-state index in [0.29, 0.717) is 6.04 Å². The molecule has 0 unspecified atom stereocenters. The van der Waals surface area contributed by atoms with Crippen LogP contribution in [0.25, 0.3) is 0 Å². The zero-order chi connectivity index (χ0) is 12.2. The zero-order valence-electron chi connectivity index (χ0n) is 11.6. The Morgan fingerprint density at radius 3 is 2.25 bits per heavy atom. The average Bonchev–Trinajstić information content (AvgIpc) is 2.26. The number of nitrogens with zero attached hydrogens (tertiary/aromatic N) is 1. The Morgan fingerprint density at radius 1 is 1.06 bits per heavy atom. The molecule has 0 aromatic carbocycles. The molecule has 16 heavy (non-hydrogen) atoms. The van der Waals surface area contributed by atoms with Crippen molar-refractivity contribution >= 4 is 11.8 Å². The van der Waals surface area contributed by atoms with Gasteiger partial charge in [-0.25, -0.2) is 0 Å². The van der Waals surface area contributed by atoms with E-state index in [0.717, 1.165) is 0 Å². The molecule has 0 fully saturated rings. The summed E-state index contributed by atoms with van der Waals surface area (Å²) in [4.78, 5) is 2.42. The third-order valence-electron chi connectivity index (χ3n) is 2.95. The Bertz CT molecular complexity index is 140. The van der Waals surface area contributed by atoms with Crippen LogP contribution in [0.15, 0.2) is 0 Å². The number of rotatable bonds is 11. The lowest BCUT2D eigenvalue weighted by molar-refractivity contribution is 0.268. The third kappa shape index (κ3) is 10.8. The lowest BCUT2D eigenvalue weighted by Crippen LogP contribution is -2.28. The molecule has 0 heterocycles. The van der Waals surface area contributed by atoms with E-state index in [-0.39, 0.29) is 0 Å². The Kier molecular flexibility index (Phi) is 11.9. The second-order valence-corrected chi connectivity index (χ2v) is 5.72. The molecular formula is C13H30N2S. The number of nitrogens with one attached hydrogen (secondary N) is 1. The Morgan fingerprint density at radius 2 is 1.69 bits per heavy atom. The molecule has 0 amide bonds. The second kappa shape index (κ2) is 11.7. The summed E-state index contributed by atoms with van der Waals surface area (Å²) < 4.78 is 0. The summed E-state index contributed by atoms with van der Waals surface area (Å²) in [6.07, 6.45) is 7.47. The first-order valence-electron chi connectivity index (χ1n) is 6.58. The van der Waals surface area contributed by atoms with Gasteiger partial charge >= 0.3 is 0 Å². The molecule has 0 bridgehead atoms. The molecule has 1 N–H and O–H groups in total. The van der Waals surface area contributed by atoms with Crippen LogP contribution in [0.5, 0.6) is 0 Å². The van der Waals surface area contributed by atoms with E-state index in [1.807, 2.05) is 11.8 Å². The van der Waals surface area contributed by atoms with Crippen LogP contribution in [-0.2, 0) is 0 Å². The van der Waals surface area contributed by atoms with Crippen LogP contribution in [-0.4, -0.2) is 49.6 Å². The van der Waals surface area contributed by atoms with Crippen molar-refractivity contribution in [2.75, 3.05) is 38.7 Å². The van der Waals surface area contributed by atoms with Crippen LogP contribution in [0.4, 0.5) is 0 Å². The summed E-state index contributed by atoms with van der Waals surface area (Å²) in [6, 6.07) is 0.680. The highest BCUT2D eigenvalue weighted by atomic mass is 32.2. The summed E-state index contributed by atoms with van der Waals surface area (Å²) in [5.74, 6) is 1.31. The van der Waals surface area contributed by atoms with E-state index in [9.17, 15) is 0 Å². The molecule has 3 heteroatoms. The average molecular weight is 246 g/mol. The van der Waals surface area contributed by atoms with Crippen molar-refractivity contribution in [3.63, 3.8) is 0 Å². The first kappa shape index (κ1) is 16.3. The fraction of sp³-hybridized carbons (Fsp3) is 1.00. The maximum atomic E-state index is 3.52. The van der Waals surface area contributed by atoms with Crippen molar-refractivity contribution in [3.8, 4) is 0 Å². The minimum absolute atomic E-state index is 0.680. The molecule has 0 saturated heterocycles. The monoisotopic (exact) mass is 246 g/mol. The van der Waals surface area contributed by atoms with Crippen LogP contribution >= 0.6 is 11.8 Å². The van der Waals surface area contributed by atoms with E-state index in [1.54, 1.807) is 0 Å². The molecule has 0 aliphatic heterocycles. The molecular weight excluding hydrogens is 216 g/mol. The van der Waals surface area contributed by atoms with Gasteiger partial charge in [-0.05, 0) is 78.2 Å². The first-order valence-corrected chi connectivity index (χ1v) is 7.97. The van der Waals surface area contributed by atoms with Gasteiger partial charge in [-0.3, -0.25) is 0 Å². The lowest BCUT2D eigenvalue weighted by atomic mass is 10.2. The van der Waals surface area contributed by atoms with E-state index < -0.39 is 0 Å². The molecule has 0 saturated carbocycles. The summed E-state index contributed by atoms with van der Waals surface area (Å²) in [5.41, 5.74) is 0. The number of unbranched alkanes of at least 4 members (excludes halogenated alkanes) is 2. The molecule has 0 atom stereocenters. The van der Waals surface area contributed by atoms with Crippen LogP contribution in [0.2, 0.25) is 0 Å². The van der Waals surface area contributed by atoms with E-state index in [1.165, 1.54) is 51.1 Å². The summed E-state index contributed by atoms with van der Waals surface area (Å²) in [7, 11) is 2.21. The minimum Gasteiger partial charge on any atom is -0.317 e. The molecule has 0 aliphatic carbocycles. The number of thioether (sulfide) groups is 1. The molecule has 0 rings (SSSR count). The fourth-order valence-corrected chi connectivity index (χ4v) is 1.98. The highest BCUT2D eigenvalue weighted by Crippen LogP contribution is 1.99. The van der Waals surface area contributed by atoms with E-state index >= 15 is 0 Å². The normalized spacial score (nSPS) is 11.6. The minimum atomic E-state index is 0.680. The van der Waals surface area contributed by atoms with Crippen LogP contribution < -0.4 is 5.32 Å². The summed E-state index contributed by atoms with van der Waals surface area (Å²) >= 11 is 1.95. The molecule has 0 radical (unpaired) electrons. The van der Waals surface area contributed by atoms with Gasteiger partial charge in [0.2, 0.25) is 0 Å². The Hall–Kier alpha value is 0.270. The van der Waals surface area contributed by atoms with Gasteiger partial charge in [0.05, 0.1) is 0 Å². The van der Waals surface area contributed by atoms with Crippen LogP contribution in [0.3, 0.4) is 0 Å².